The van der Waals surface area contributed by atoms with Gasteiger partial charge in [-0.15, -0.1) is 0 Å². The third-order valence-electron chi connectivity index (χ3n) is 4.92. The molecule has 1 aromatic rings. The average molecular weight is 384 g/mol. The van der Waals surface area contributed by atoms with Crippen LogP contribution in [0.15, 0.2) is 18.2 Å². The Morgan fingerprint density at radius 1 is 0.963 bits per heavy atom. The lowest BCUT2D eigenvalue weighted by atomic mass is 9.63. The molecule has 0 heterocycles. The van der Waals surface area contributed by atoms with Crippen LogP contribution in [0, 0.1) is 17.0 Å². The van der Waals surface area contributed by atoms with E-state index in [-0.39, 0.29) is 18.4 Å². The molecule has 0 aliphatic rings. The Kier molecular flexibility index (Phi) is 7.75. The molecule has 1 rings (SSSR count). The number of Topliss-reactive ketones (excluding diaryl/α,β-unsaturated/α-hetero) is 2. The maximum absolute atomic E-state index is 13.8. The predicted molar refractivity (Wildman–Crippen MR) is 91.3 cm³/mol. The number of carboxylic acid groups (broad SMARTS) is 2. The standard InChI is InChI=1S/C19H22F2O6/c1-3-19(4-2,16(23)10-18(26)27)13(8-12(22)9-17(24)25)11-5-6-14(20)15(21)7-11/h5-7,13H,3-4,8-10H2,1-2H3,(H,24,25)(H,26,27). The molecule has 0 radical (unpaired) electrons. The Morgan fingerprint density at radius 2 is 1.52 bits per heavy atom. The van der Waals surface area contributed by atoms with E-state index >= 15 is 0 Å². The van der Waals surface area contributed by atoms with Gasteiger partial charge in [-0.2, -0.15) is 0 Å². The quantitative estimate of drug-likeness (QED) is 0.567. The van der Waals surface area contributed by atoms with E-state index in [2.05, 4.69) is 0 Å². The van der Waals surface area contributed by atoms with Crippen molar-refractivity contribution in [3.8, 4) is 0 Å². The van der Waals surface area contributed by atoms with E-state index in [4.69, 9.17) is 10.2 Å². The van der Waals surface area contributed by atoms with Gasteiger partial charge in [0, 0.05) is 17.8 Å². The molecule has 1 unspecified atom stereocenters. The van der Waals surface area contributed by atoms with Crippen molar-refractivity contribution in [3.05, 3.63) is 35.4 Å². The Bertz CT molecular complexity index is 740. The second kappa shape index (κ2) is 9.34. The van der Waals surface area contributed by atoms with Crippen LogP contribution in [0.25, 0.3) is 0 Å². The average Bonchev–Trinajstić information content (AvgIpc) is 2.56. The van der Waals surface area contributed by atoms with E-state index in [1.165, 1.54) is 6.07 Å². The van der Waals surface area contributed by atoms with Gasteiger partial charge in [0.2, 0.25) is 0 Å². The maximum Gasteiger partial charge on any atom is 0.310 e. The first-order valence-corrected chi connectivity index (χ1v) is 8.50. The minimum atomic E-state index is -1.35. The van der Waals surface area contributed by atoms with Crippen molar-refractivity contribution in [3.63, 3.8) is 0 Å². The first kappa shape index (κ1) is 22.4. The summed E-state index contributed by atoms with van der Waals surface area (Å²) in [6, 6.07) is 2.95. The summed E-state index contributed by atoms with van der Waals surface area (Å²) in [6.07, 6.45) is -1.66. The lowest BCUT2D eigenvalue weighted by molar-refractivity contribution is -0.144. The van der Waals surface area contributed by atoms with Gasteiger partial charge in [-0.1, -0.05) is 19.9 Å². The second-order valence-corrected chi connectivity index (χ2v) is 6.40. The van der Waals surface area contributed by atoms with E-state index < -0.39 is 65.7 Å². The molecule has 0 bridgehead atoms. The van der Waals surface area contributed by atoms with Crippen molar-refractivity contribution < 1.29 is 38.2 Å². The lowest BCUT2D eigenvalue weighted by Crippen LogP contribution is -2.39. The monoisotopic (exact) mass is 384 g/mol. The number of halogens is 2. The Morgan fingerprint density at radius 3 is 1.96 bits per heavy atom. The molecule has 0 saturated heterocycles. The number of carbonyl (C=O) groups excluding carboxylic acids is 2. The van der Waals surface area contributed by atoms with Crippen LogP contribution in [0.5, 0.6) is 0 Å². The number of ketones is 2. The van der Waals surface area contributed by atoms with E-state index in [1.807, 2.05) is 0 Å². The van der Waals surface area contributed by atoms with Crippen LogP contribution < -0.4 is 0 Å². The van der Waals surface area contributed by atoms with Crippen LogP contribution in [0.2, 0.25) is 0 Å². The number of carboxylic acids is 2. The zero-order valence-electron chi connectivity index (χ0n) is 15.1. The molecule has 0 amide bonds. The minimum Gasteiger partial charge on any atom is -0.481 e. The molecule has 148 valence electrons. The topological polar surface area (TPSA) is 109 Å². The van der Waals surface area contributed by atoms with Gasteiger partial charge in [-0.25, -0.2) is 8.78 Å². The lowest BCUT2D eigenvalue weighted by Gasteiger charge is -2.38. The van der Waals surface area contributed by atoms with Crippen LogP contribution in [-0.4, -0.2) is 33.7 Å². The molecular formula is C19H22F2O6. The SMILES string of the molecule is CCC(CC)(C(=O)CC(=O)O)C(CC(=O)CC(=O)O)c1ccc(F)c(F)c1. The summed E-state index contributed by atoms with van der Waals surface area (Å²) in [5.74, 6) is -7.27. The van der Waals surface area contributed by atoms with Crippen molar-refractivity contribution in [1.29, 1.82) is 0 Å². The van der Waals surface area contributed by atoms with Gasteiger partial charge in [0.25, 0.3) is 0 Å². The first-order chi connectivity index (χ1) is 12.6. The number of rotatable bonds is 11. The predicted octanol–water partition coefficient (Wildman–Crippen LogP) is 3.33. The number of aliphatic carboxylic acids is 2. The summed E-state index contributed by atoms with van der Waals surface area (Å²) >= 11 is 0. The molecule has 0 saturated carbocycles. The molecule has 27 heavy (non-hydrogen) atoms. The summed E-state index contributed by atoms with van der Waals surface area (Å²) < 4.78 is 27.1. The fraction of sp³-hybridized carbons (Fsp3) is 0.474. The normalized spacial score (nSPS) is 12.4. The largest absolute Gasteiger partial charge is 0.481 e. The highest BCUT2D eigenvalue weighted by Crippen LogP contribution is 2.46. The fourth-order valence-electron chi connectivity index (χ4n) is 3.47. The number of benzene rings is 1. The zero-order chi connectivity index (χ0) is 20.8. The van der Waals surface area contributed by atoms with Crippen molar-refractivity contribution >= 4 is 23.5 Å². The van der Waals surface area contributed by atoms with Gasteiger partial charge in [-0.3, -0.25) is 19.2 Å². The van der Waals surface area contributed by atoms with Crippen molar-refractivity contribution in [2.24, 2.45) is 5.41 Å². The highest BCUT2D eigenvalue weighted by atomic mass is 19.2. The van der Waals surface area contributed by atoms with Crippen molar-refractivity contribution in [1.82, 2.24) is 0 Å². The summed E-state index contributed by atoms with van der Waals surface area (Å²) in [6.45, 7) is 3.27. The molecule has 6 nitrogen and oxygen atoms in total. The van der Waals surface area contributed by atoms with Crippen molar-refractivity contribution in [2.45, 2.75) is 51.9 Å². The Hall–Kier alpha value is -2.64. The molecule has 0 aromatic heterocycles. The molecule has 0 aliphatic heterocycles. The third-order valence-corrected chi connectivity index (χ3v) is 4.92. The van der Waals surface area contributed by atoms with Gasteiger partial charge in [0.15, 0.2) is 17.4 Å². The number of hydrogen-bond donors (Lipinski definition) is 2. The second-order valence-electron chi connectivity index (χ2n) is 6.40. The molecule has 2 N–H and O–H groups in total. The van der Waals surface area contributed by atoms with E-state index in [0.29, 0.717) is 0 Å². The first-order valence-electron chi connectivity index (χ1n) is 8.50. The van der Waals surface area contributed by atoms with Crippen LogP contribution in [0.4, 0.5) is 8.78 Å². The summed E-state index contributed by atoms with van der Waals surface area (Å²) in [7, 11) is 0. The minimum absolute atomic E-state index is 0.148. The molecule has 8 heteroatoms. The van der Waals surface area contributed by atoms with Gasteiger partial charge >= 0.3 is 11.9 Å². The summed E-state index contributed by atoms with van der Waals surface area (Å²) in [4.78, 5) is 46.7. The third kappa shape index (κ3) is 5.42. The van der Waals surface area contributed by atoms with Gasteiger partial charge < -0.3 is 10.2 Å². The van der Waals surface area contributed by atoms with Crippen LogP contribution in [0.1, 0.15) is 57.4 Å². The van der Waals surface area contributed by atoms with Gasteiger partial charge in [-0.05, 0) is 30.5 Å². The molecule has 0 aliphatic carbocycles. The molecule has 1 aromatic carbocycles. The smallest absolute Gasteiger partial charge is 0.310 e. The molecule has 0 spiro atoms. The molecule has 0 fully saturated rings. The molecule has 1 atom stereocenters. The highest BCUT2D eigenvalue weighted by Gasteiger charge is 2.44. The highest BCUT2D eigenvalue weighted by molar-refractivity contribution is 6.00. The Balaban J connectivity index is 3.48. The van der Waals surface area contributed by atoms with Gasteiger partial charge in [0.05, 0.1) is 0 Å². The fourth-order valence-corrected chi connectivity index (χ4v) is 3.47. The van der Waals surface area contributed by atoms with Gasteiger partial charge in [0.1, 0.15) is 18.6 Å². The number of carbonyl (C=O) groups is 4. The van der Waals surface area contributed by atoms with Crippen molar-refractivity contribution in [2.75, 3.05) is 0 Å². The maximum atomic E-state index is 13.8. The van der Waals surface area contributed by atoms with E-state index in [9.17, 15) is 28.0 Å². The summed E-state index contributed by atoms with van der Waals surface area (Å²) in [5.41, 5.74) is -1.17. The van der Waals surface area contributed by atoms with E-state index in [1.54, 1.807) is 13.8 Å². The number of hydrogen-bond acceptors (Lipinski definition) is 4. The van der Waals surface area contributed by atoms with E-state index in [0.717, 1.165) is 12.1 Å². The van der Waals surface area contributed by atoms with Crippen LogP contribution >= 0.6 is 0 Å². The van der Waals surface area contributed by atoms with Crippen LogP contribution in [0.3, 0.4) is 0 Å². The Labute approximate surface area is 155 Å². The van der Waals surface area contributed by atoms with Crippen LogP contribution in [-0.2, 0) is 19.2 Å². The molecular weight excluding hydrogens is 362 g/mol. The zero-order valence-corrected chi connectivity index (χ0v) is 15.1. The summed E-state index contributed by atoms with van der Waals surface area (Å²) in [5, 5.41) is 17.8.